The summed E-state index contributed by atoms with van der Waals surface area (Å²) in [5.74, 6) is -1.89. The second-order valence-electron chi connectivity index (χ2n) is 5.95. The second-order valence-corrected chi connectivity index (χ2v) is 8.21. The predicted molar refractivity (Wildman–Crippen MR) is 85.1 cm³/mol. The number of hydrogen-bond donors (Lipinski definition) is 0. The molecule has 1 aliphatic rings. The molecule has 0 aliphatic heterocycles. The maximum atomic E-state index is 14.4. The molecule has 1 aliphatic carbocycles. The maximum absolute atomic E-state index is 14.4. The molecule has 0 heterocycles. The largest absolute Gasteiger partial charge is 0.300 e. The van der Waals surface area contributed by atoms with Crippen LogP contribution in [0.4, 0.5) is 8.78 Å². The van der Waals surface area contributed by atoms with Gasteiger partial charge in [0.15, 0.2) is 9.84 Å². The first-order chi connectivity index (χ1) is 11.4. The van der Waals surface area contributed by atoms with Crippen molar-refractivity contribution in [1.82, 2.24) is 0 Å². The minimum Gasteiger partial charge on any atom is -0.300 e. The highest BCUT2D eigenvalue weighted by atomic mass is 32.2. The number of halogens is 2. The topological polar surface area (TPSA) is 51.2 Å². The summed E-state index contributed by atoms with van der Waals surface area (Å²) in [7, 11) is -4.08. The standard InChI is InChI=1S/C18H16F2O3S/c19-15-7-4-8-16(20)17(15)18(11-9-13(21)10-12-18)24(22,23)14-5-2-1-3-6-14/h1-8H,9-12H2. The third-order valence-corrected chi connectivity index (χ3v) is 7.14. The van der Waals surface area contributed by atoms with Gasteiger partial charge in [-0.1, -0.05) is 24.3 Å². The minimum atomic E-state index is -4.08. The summed E-state index contributed by atoms with van der Waals surface area (Å²) in [4.78, 5) is 11.6. The van der Waals surface area contributed by atoms with Gasteiger partial charge < -0.3 is 0 Å². The minimum absolute atomic E-state index is 0.00185. The highest BCUT2D eigenvalue weighted by Gasteiger charge is 2.51. The predicted octanol–water partition coefficient (Wildman–Crippen LogP) is 3.78. The van der Waals surface area contributed by atoms with E-state index in [-0.39, 0.29) is 36.4 Å². The zero-order chi connectivity index (χ0) is 17.4. The van der Waals surface area contributed by atoms with Gasteiger partial charge >= 0.3 is 0 Å². The third-order valence-electron chi connectivity index (χ3n) is 4.60. The van der Waals surface area contributed by atoms with Gasteiger partial charge in [0.25, 0.3) is 0 Å². The molecule has 0 N–H and O–H groups in total. The molecule has 1 fully saturated rings. The van der Waals surface area contributed by atoms with Crippen molar-refractivity contribution in [3.63, 3.8) is 0 Å². The van der Waals surface area contributed by atoms with Crippen LogP contribution in [0.25, 0.3) is 0 Å². The average molecular weight is 350 g/mol. The van der Waals surface area contributed by atoms with E-state index in [0.717, 1.165) is 12.1 Å². The third kappa shape index (κ3) is 2.55. The summed E-state index contributed by atoms with van der Waals surface area (Å²) in [6, 6.07) is 10.9. The van der Waals surface area contributed by atoms with Crippen LogP contribution in [0.15, 0.2) is 53.4 Å². The molecule has 3 nitrogen and oxygen atoms in total. The zero-order valence-corrected chi connectivity index (χ0v) is 13.7. The summed E-state index contributed by atoms with van der Waals surface area (Å²) >= 11 is 0. The molecule has 0 aromatic heterocycles. The first-order valence-corrected chi connectivity index (χ1v) is 9.13. The molecule has 0 radical (unpaired) electrons. The van der Waals surface area contributed by atoms with Crippen molar-refractivity contribution in [2.24, 2.45) is 0 Å². The van der Waals surface area contributed by atoms with Crippen molar-refractivity contribution in [2.75, 3.05) is 0 Å². The Hall–Kier alpha value is -2.08. The molecule has 0 bridgehead atoms. The quantitative estimate of drug-likeness (QED) is 0.846. The van der Waals surface area contributed by atoms with Crippen LogP contribution in [0.3, 0.4) is 0 Å². The van der Waals surface area contributed by atoms with E-state index < -0.39 is 31.8 Å². The van der Waals surface area contributed by atoms with Crippen LogP contribution in [0.2, 0.25) is 0 Å². The number of hydrogen-bond acceptors (Lipinski definition) is 3. The fourth-order valence-electron chi connectivity index (χ4n) is 3.34. The summed E-state index contributed by atoms with van der Waals surface area (Å²) in [6.45, 7) is 0. The van der Waals surface area contributed by atoms with Gasteiger partial charge in [0.2, 0.25) is 0 Å². The highest BCUT2D eigenvalue weighted by molar-refractivity contribution is 7.92. The van der Waals surface area contributed by atoms with Crippen LogP contribution in [0.1, 0.15) is 31.2 Å². The number of carbonyl (C=O) groups excluding carboxylic acids is 1. The number of rotatable bonds is 3. The van der Waals surface area contributed by atoms with Crippen molar-refractivity contribution in [3.8, 4) is 0 Å². The number of benzene rings is 2. The van der Waals surface area contributed by atoms with Gasteiger partial charge in [0.1, 0.15) is 22.2 Å². The number of sulfone groups is 1. The average Bonchev–Trinajstić information content (AvgIpc) is 2.57. The van der Waals surface area contributed by atoms with Crippen molar-refractivity contribution in [2.45, 2.75) is 35.3 Å². The van der Waals surface area contributed by atoms with Crippen molar-refractivity contribution >= 4 is 15.6 Å². The van der Waals surface area contributed by atoms with E-state index in [9.17, 15) is 22.0 Å². The van der Waals surface area contributed by atoms with Gasteiger partial charge in [-0.3, -0.25) is 4.79 Å². The lowest BCUT2D eigenvalue weighted by Gasteiger charge is -2.37. The molecule has 6 heteroatoms. The van der Waals surface area contributed by atoms with Crippen molar-refractivity contribution in [1.29, 1.82) is 0 Å². The Kier molecular flexibility index (Phi) is 4.25. The molecule has 0 unspecified atom stereocenters. The van der Waals surface area contributed by atoms with Crippen molar-refractivity contribution in [3.05, 3.63) is 65.7 Å². The van der Waals surface area contributed by atoms with Gasteiger partial charge in [-0.15, -0.1) is 0 Å². The van der Waals surface area contributed by atoms with Crippen molar-refractivity contribution < 1.29 is 22.0 Å². The number of ketones is 1. The molecular formula is C18H16F2O3S. The van der Waals surface area contributed by atoms with Crippen LogP contribution in [0.5, 0.6) is 0 Å². The molecule has 24 heavy (non-hydrogen) atoms. The van der Waals surface area contributed by atoms with Gasteiger partial charge in [-0.25, -0.2) is 17.2 Å². The first kappa shape index (κ1) is 16.8. The SMILES string of the molecule is O=C1CCC(c2c(F)cccc2F)(S(=O)(=O)c2ccccc2)CC1. The Morgan fingerprint density at radius 3 is 1.92 bits per heavy atom. The summed E-state index contributed by atoms with van der Waals surface area (Å²) < 4.78 is 53.7. The van der Waals surface area contributed by atoms with Crippen LogP contribution in [-0.4, -0.2) is 14.2 Å². The van der Waals surface area contributed by atoms with E-state index in [1.807, 2.05) is 0 Å². The normalized spacial score (nSPS) is 17.7. The summed E-state index contributed by atoms with van der Waals surface area (Å²) in [6.07, 6.45) is -0.276. The first-order valence-electron chi connectivity index (χ1n) is 7.64. The molecule has 0 saturated heterocycles. The molecule has 3 rings (SSSR count). The molecule has 1 saturated carbocycles. The Morgan fingerprint density at radius 2 is 1.38 bits per heavy atom. The molecule has 126 valence electrons. The zero-order valence-electron chi connectivity index (χ0n) is 12.8. The Balaban J connectivity index is 2.27. The fourth-order valence-corrected chi connectivity index (χ4v) is 5.52. The van der Waals surface area contributed by atoms with Crippen LogP contribution >= 0.6 is 0 Å². The van der Waals surface area contributed by atoms with Gasteiger partial charge in [0, 0.05) is 18.4 Å². The Labute approximate surface area is 139 Å². The molecule has 2 aromatic rings. The maximum Gasteiger partial charge on any atom is 0.188 e. The van der Waals surface area contributed by atoms with Crippen LogP contribution in [0, 0.1) is 11.6 Å². The molecular weight excluding hydrogens is 334 g/mol. The van der Waals surface area contributed by atoms with E-state index in [4.69, 9.17) is 0 Å². The van der Waals surface area contributed by atoms with E-state index in [1.54, 1.807) is 18.2 Å². The van der Waals surface area contributed by atoms with E-state index >= 15 is 0 Å². The van der Waals surface area contributed by atoms with Gasteiger partial charge in [-0.05, 0) is 37.1 Å². The van der Waals surface area contributed by atoms with Crippen LogP contribution < -0.4 is 0 Å². The van der Waals surface area contributed by atoms with Crippen LogP contribution in [-0.2, 0) is 19.4 Å². The van der Waals surface area contributed by atoms with E-state index in [1.165, 1.54) is 18.2 Å². The van der Waals surface area contributed by atoms with E-state index in [2.05, 4.69) is 0 Å². The molecule has 0 spiro atoms. The lowest BCUT2D eigenvalue weighted by Crippen LogP contribution is -2.41. The highest BCUT2D eigenvalue weighted by Crippen LogP contribution is 2.47. The second kappa shape index (κ2) is 6.09. The molecule has 0 amide bonds. The Bertz CT molecular complexity index is 846. The molecule has 0 atom stereocenters. The van der Waals surface area contributed by atoms with E-state index in [0.29, 0.717) is 0 Å². The summed E-state index contributed by atoms with van der Waals surface area (Å²) in [5, 5.41) is 0. The van der Waals surface area contributed by atoms with Gasteiger partial charge in [-0.2, -0.15) is 0 Å². The summed E-state index contributed by atoms with van der Waals surface area (Å²) in [5.41, 5.74) is -0.457. The Morgan fingerprint density at radius 1 is 0.833 bits per heavy atom. The fraction of sp³-hybridized carbons (Fsp3) is 0.278. The number of Topliss-reactive ketones (excluding diaryl/α,β-unsaturated/α-hetero) is 1. The lowest BCUT2D eigenvalue weighted by atomic mass is 9.82. The number of carbonyl (C=O) groups is 1. The monoisotopic (exact) mass is 350 g/mol. The molecule has 2 aromatic carbocycles. The lowest BCUT2D eigenvalue weighted by molar-refractivity contribution is -0.120. The van der Waals surface area contributed by atoms with Gasteiger partial charge in [0.05, 0.1) is 4.90 Å². The smallest absolute Gasteiger partial charge is 0.188 e.